The third-order valence-corrected chi connectivity index (χ3v) is 3.11. The van der Waals surface area contributed by atoms with Gasteiger partial charge in [-0.15, -0.1) is 0 Å². The summed E-state index contributed by atoms with van der Waals surface area (Å²) in [4.78, 5) is 20.3. The molecule has 2 aromatic rings. The van der Waals surface area contributed by atoms with Gasteiger partial charge in [-0.05, 0) is 17.7 Å². The molecule has 1 N–H and O–H groups in total. The molecule has 0 aromatic heterocycles. The number of benzene rings is 2. The van der Waals surface area contributed by atoms with Crippen molar-refractivity contribution >= 4 is 29.4 Å². The van der Waals surface area contributed by atoms with Gasteiger partial charge in [-0.25, -0.2) is 0 Å². The number of nitrogens with zero attached hydrogens (tertiary/aromatic N) is 3. The largest absolute Gasteiger partial charge is 0.495 e. The van der Waals surface area contributed by atoms with Crippen LogP contribution in [0.25, 0.3) is 6.08 Å². The first-order valence-corrected chi connectivity index (χ1v) is 7.04. The van der Waals surface area contributed by atoms with Crippen LogP contribution in [0.4, 0.5) is 17.1 Å². The number of non-ortho nitro benzene ring substituents is 1. The Morgan fingerprint density at radius 3 is 2.44 bits per heavy atom. The van der Waals surface area contributed by atoms with Crippen LogP contribution in [-0.4, -0.2) is 23.2 Å². The van der Waals surface area contributed by atoms with Crippen molar-refractivity contribution in [2.24, 2.45) is 5.10 Å². The molecule has 9 nitrogen and oxygen atoms in total. The van der Waals surface area contributed by atoms with Crippen LogP contribution in [0.5, 0.6) is 0 Å². The lowest BCUT2D eigenvalue weighted by molar-refractivity contribution is -0.393. The lowest BCUT2D eigenvalue weighted by Crippen LogP contribution is -1.99. The highest BCUT2D eigenvalue weighted by atomic mass is 16.6. The highest BCUT2D eigenvalue weighted by Gasteiger charge is 2.19. The van der Waals surface area contributed by atoms with Crippen LogP contribution in [0.1, 0.15) is 5.56 Å². The monoisotopic (exact) mass is 342 g/mol. The quantitative estimate of drug-likeness (QED) is 0.355. The van der Waals surface area contributed by atoms with Crippen LogP contribution in [-0.2, 0) is 4.74 Å². The molecule has 0 unspecified atom stereocenters. The fourth-order valence-corrected chi connectivity index (χ4v) is 1.91. The van der Waals surface area contributed by atoms with Crippen molar-refractivity contribution in [2.75, 3.05) is 12.5 Å². The number of nitro groups is 2. The number of nitrogens with one attached hydrogen (secondary N) is 1. The summed E-state index contributed by atoms with van der Waals surface area (Å²) < 4.78 is 5.17. The van der Waals surface area contributed by atoms with Gasteiger partial charge < -0.3 is 4.74 Å². The summed E-state index contributed by atoms with van der Waals surface area (Å²) in [6.45, 7) is 0. The van der Waals surface area contributed by atoms with Gasteiger partial charge in [0.05, 0.1) is 29.2 Å². The fourth-order valence-electron chi connectivity index (χ4n) is 1.91. The molecule has 0 heterocycles. The van der Waals surface area contributed by atoms with E-state index in [4.69, 9.17) is 4.74 Å². The number of rotatable bonds is 7. The molecule has 0 aliphatic rings. The number of nitro benzene ring substituents is 2. The summed E-state index contributed by atoms with van der Waals surface area (Å²) >= 11 is 0. The van der Waals surface area contributed by atoms with Gasteiger partial charge in [0.25, 0.3) is 5.69 Å². The van der Waals surface area contributed by atoms with Gasteiger partial charge in [0, 0.05) is 6.07 Å². The Labute approximate surface area is 142 Å². The molecule has 0 aliphatic carbocycles. The molecule has 2 rings (SSSR count). The second-order valence-electron chi connectivity index (χ2n) is 4.75. The zero-order valence-electron chi connectivity index (χ0n) is 13.2. The first-order valence-electron chi connectivity index (χ1n) is 7.04. The molecule has 0 aliphatic heterocycles. The molecular formula is C16H14N4O5. The average molecular weight is 342 g/mol. The Morgan fingerprint density at radius 2 is 1.84 bits per heavy atom. The van der Waals surface area contributed by atoms with Gasteiger partial charge in [-0.1, -0.05) is 30.3 Å². The van der Waals surface area contributed by atoms with Crippen molar-refractivity contribution in [1.82, 2.24) is 0 Å². The number of hydrazone groups is 1. The summed E-state index contributed by atoms with van der Waals surface area (Å²) in [6.07, 6.45) is 3.08. The van der Waals surface area contributed by atoms with Crippen LogP contribution in [0.2, 0.25) is 0 Å². The van der Waals surface area contributed by atoms with Gasteiger partial charge >= 0.3 is 5.69 Å². The third kappa shape index (κ3) is 4.86. The van der Waals surface area contributed by atoms with Gasteiger partial charge in [0.15, 0.2) is 0 Å². The van der Waals surface area contributed by atoms with E-state index in [0.29, 0.717) is 5.76 Å². The molecule has 9 heteroatoms. The van der Waals surface area contributed by atoms with Gasteiger partial charge in [-0.2, -0.15) is 5.10 Å². The Bertz CT molecular complexity index is 834. The highest BCUT2D eigenvalue weighted by molar-refractivity contribution is 5.83. The predicted octanol–water partition coefficient (Wildman–Crippen LogP) is 3.59. The molecule has 0 spiro atoms. The van der Waals surface area contributed by atoms with Crippen molar-refractivity contribution in [2.45, 2.75) is 0 Å². The maximum Gasteiger partial charge on any atom is 0.301 e. The standard InChI is InChI=1S/C16H14N4O5/c1-25-14(9-12-5-3-2-4-6-12)11-17-18-15-8-7-13(19(21)22)10-16(15)20(23)24/h2-11,18H,1H3. The van der Waals surface area contributed by atoms with E-state index in [2.05, 4.69) is 10.5 Å². The van der Waals surface area contributed by atoms with Crippen LogP contribution in [0.15, 0.2) is 59.4 Å². The number of allylic oxidation sites excluding steroid dienone is 1. The normalized spacial score (nSPS) is 11.3. The van der Waals surface area contributed by atoms with E-state index in [1.807, 2.05) is 30.3 Å². The van der Waals surface area contributed by atoms with Crippen molar-refractivity contribution in [3.8, 4) is 0 Å². The van der Waals surface area contributed by atoms with Crippen LogP contribution >= 0.6 is 0 Å². The first-order chi connectivity index (χ1) is 12.0. The molecule has 2 aromatic carbocycles. The summed E-state index contributed by atoms with van der Waals surface area (Å²) in [5.74, 6) is 0.420. The molecule has 128 valence electrons. The van der Waals surface area contributed by atoms with Gasteiger partial charge in [0.1, 0.15) is 11.4 Å². The molecule has 0 saturated carbocycles. The van der Waals surface area contributed by atoms with Crippen LogP contribution in [0, 0.1) is 20.2 Å². The van der Waals surface area contributed by atoms with Gasteiger partial charge in [0.2, 0.25) is 0 Å². The van der Waals surface area contributed by atoms with Crippen molar-refractivity contribution in [3.05, 3.63) is 80.1 Å². The SMILES string of the molecule is COC(C=NNc1ccc([N+](=O)[O-])cc1[N+](=O)[O-])=Cc1ccccc1. The topological polar surface area (TPSA) is 120 Å². The van der Waals surface area contributed by atoms with Crippen molar-refractivity contribution in [3.63, 3.8) is 0 Å². The second-order valence-corrected chi connectivity index (χ2v) is 4.75. The number of hydrogen-bond donors (Lipinski definition) is 1. The highest BCUT2D eigenvalue weighted by Crippen LogP contribution is 2.28. The Balaban J connectivity index is 2.19. The third-order valence-electron chi connectivity index (χ3n) is 3.11. The minimum absolute atomic E-state index is 0.0296. The van der Waals surface area contributed by atoms with Crippen molar-refractivity contribution in [1.29, 1.82) is 0 Å². The van der Waals surface area contributed by atoms with E-state index in [0.717, 1.165) is 17.7 Å². The molecule has 0 bridgehead atoms. The van der Waals surface area contributed by atoms with Crippen LogP contribution < -0.4 is 5.43 Å². The second kappa shape index (κ2) is 8.20. The fraction of sp³-hybridized carbons (Fsp3) is 0.0625. The van der Waals surface area contributed by atoms with E-state index in [1.165, 1.54) is 19.4 Å². The smallest absolute Gasteiger partial charge is 0.301 e. The number of anilines is 1. The minimum atomic E-state index is -0.720. The van der Waals surface area contributed by atoms with E-state index in [9.17, 15) is 20.2 Å². The molecule has 0 amide bonds. The lowest BCUT2D eigenvalue weighted by Gasteiger charge is -2.03. The molecule has 0 saturated heterocycles. The van der Waals surface area contributed by atoms with Gasteiger partial charge in [-0.3, -0.25) is 25.7 Å². The predicted molar refractivity (Wildman–Crippen MR) is 93.3 cm³/mol. The number of hydrogen-bond acceptors (Lipinski definition) is 7. The van der Waals surface area contributed by atoms with E-state index < -0.39 is 15.5 Å². The Kier molecular flexibility index (Phi) is 5.77. The van der Waals surface area contributed by atoms with E-state index in [1.54, 1.807) is 6.08 Å². The minimum Gasteiger partial charge on any atom is -0.495 e. The van der Waals surface area contributed by atoms with Crippen LogP contribution in [0.3, 0.4) is 0 Å². The number of ether oxygens (including phenoxy) is 1. The molecular weight excluding hydrogens is 328 g/mol. The average Bonchev–Trinajstić information content (AvgIpc) is 2.61. The molecule has 25 heavy (non-hydrogen) atoms. The molecule has 0 radical (unpaired) electrons. The summed E-state index contributed by atoms with van der Waals surface area (Å²) in [7, 11) is 1.47. The molecule has 0 fully saturated rings. The zero-order valence-corrected chi connectivity index (χ0v) is 13.2. The Hall–Kier alpha value is -3.75. The maximum absolute atomic E-state index is 11.0. The number of methoxy groups -OCH3 is 1. The first kappa shape index (κ1) is 17.6. The van der Waals surface area contributed by atoms with E-state index in [-0.39, 0.29) is 11.4 Å². The zero-order chi connectivity index (χ0) is 18.2. The Morgan fingerprint density at radius 1 is 1.12 bits per heavy atom. The van der Waals surface area contributed by atoms with Crippen molar-refractivity contribution < 1.29 is 14.6 Å². The summed E-state index contributed by atoms with van der Waals surface area (Å²) in [6, 6.07) is 12.6. The lowest BCUT2D eigenvalue weighted by atomic mass is 10.2. The van der Waals surface area contributed by atoms with E-state index >= 15 is 0 Å². The maximum atomic E-state index is 11.0. The summed E-state index contributed by atoms with van der Waals surface area (Å²) in [5, 5.41) is 25.6. The molecule has 0 atom stereocenters. The summed E-state index contributed by atoms with van der Waals surface area (Å²) in [5.41, 5.74) is 2.60.